The van der Waals surface area contributed by atoms with Crippen molar-refractivity contribution in [3.05, 3.63) is 51.5 Å². The van der Waals surface area contributed by atoms with Gasteiger partial charge in [-0.15, -0.1) is 0 Å². The van der Waals surface area contributed by atoms with Gasteiger partial charge < -0.3 is 15.4 Å². The van der Waals surface area contributed by atoms with Crippen LogP contribution in [0.5, 0.6) is 5.75 Å². The summed E-state index contributed by atoms with van der Waals surface area (Å²) in [4.78, 5) is 11.9. The van der Waals surface area contributed by atoms with Gasteiger partial charge in [0.25, 0.3) is 0 Å². The molecule has 0 aliphatic carbocycles. The fourth-order valence-corrected chi connectivity index (χ4v) is 2.33. The number of nitrogens with one attached hydrogen (secondary N) is 2. The minimum Gasteiger partial charge on any atom is -0.433 e. The molecule has 4 nitrogen and oxygen atoms in total. The van der Waals surface area contributed by atoms with E-state index in [0.717, 1.165) is 0 Å². The number of urea groups is 1. The van der Waals surface area contributed by atoms with Crippen molar-refractivity contribution in [1.29, 1.82) is 0 Å². The molecule has 0 unspecified atom stereocenters. The first-order valence-electron chi connectivity index (χ1n) is 6.12. The summed E-state index contributed by atoms with van der Waals surface area (Å²) in [5, 5.41) is 5.64. The number of rotatable bonds is 4. The van der Waals surface area contributed by atoms with Crippen molar-refractivity contribution in [2.75, 3.05) is 10.6 Å². The molecule has 0 saturated heterocycles. The molecule has 0 aliphatic heterocycles. The number of hydrogen-bond donors (Lipinski definition) is 2. The average Bonchev–Trinajstić information content (AvgIpc) is 2.44. The van der Waals surface area contributed by atoms with Crippen molar-refractivity contribution in [2.45, 2.75) is 6.61 Å². The predicted octanol–water partition coefficient (Wildman–Crippen LogP) is 5.89. The van der Waals surface area contributed by atoms with E-state index in [-0.39, 0.29) is 15.8 Å². The van der Waals surface area contributed by atoms with Gasteiger partial charge in [0.2, 0.25) is 0 Å². The molecule has 9 heteroatoms. The van der Waals surface area contributed by atoms with E-state index in [1.807, 2.05) is 0 Å². The largest absolute Gasteiger partial charge is 0.433 e. The Kier molecular flexibility index (Phi) is 5.87. The van der Waals surface area contributed by atoms with Crippen LogP contribution in [-0.4, -0.2) is 12.6 Å². The Bertz CT molecular complexity index is 729. The molecule has 2 aromatic carbocycles. The number of carbonyl (C=O) groups excluding carboxylic acids is 1. The molecule has 0 bridgehead atoms. The van der Waals surface area contributed by atoms with E-state index in [4.69, 9.17) is 34.8 Å². The average molecular weight is 382 g/mol. The van der Waals surface area contributed by atoms with Crippen LogP contribution in [0.3, 0.4) is 0 Å². The molecule has 0 aromatic heterocycles. The normalized spacial score (nSPS) is 10.5. The lowest BCUT2D eigenvalue weighted by Crippen LogP contribution is -2.19. The van der Waals surface area contributed by atoms with Gasteiger partial charge in [0.1, 0.15) is 5.75 Å². The van der Waals surface area contributed by atoms with Crippen molar-refractivity contribution < 1.29 is 18.3 Å². The van der Waals surface area contributed by atoms with Crippen LogP contribution in [-0.2, 0) is 0 Å². The van der Waals surface area contributed by atoms with E-state index in [9.17, 15) is 13.6 Å². The monoisotopic (exact) mass is 380 g/mol. The molecule has 0 atom stereocenters. The van der Waals surface area contributed by atoms with E-state index in [1.165, 1.54) is 30.3 Å². The summed E-state index contributed by atoms with van der Waals surface area (Å²) in [6.45, 7) is -2.98. The summed E-state index contributed by atoms with van der Waals surface area (Å²) in [6, 6.07) is 7.86. The van der Waals surface area contributed by atoms with E-state index in [0.29, 0.717) is 16.4 Å². The maximum absolute atomic E-state index is 12.1. The molecule has 2 N–H and O–H groups in total. The second-order valence-electron chi connectivity index (χ2n) is 4.23. The number of halogens is 5. The highest BCUT2D eigenvalue weighted by Gasteiger charge is 2.11. The zero-order valence-electron chi connectivity index (χ0n) is 11.2. The summed E-state index contributed by atoms with van der Waals surface area (Å²) in [7, 11) is 0. The van der Waals surface area contributed by atoms with Crippen molar-refractivity contribution in [1.82, 2.24) is 0 Å². The minimum absolute atomic E-state index is 0.0624. The number of benzene rings is 2. The zero-order chi connectivity index (χ0) is 17.0. The molecule has 0 radical (unpaired) electrons. The molecule has 0 heterocycles. The molecule has 0 aliphatic rings. The Morgan fingerprint density at radius 2 is 1.74 bits per heavy atom. The van der Waals surface area contributed by atoms with Crippen LogP contribution in [0.2, 0.25) is 15.1 Å². The fourth-order valence-electron chi connectivity index (χ4n) is 1.65. The van der Waals surface area contributed by atoms with E-state index >= 15 is 0 Å². The first-order valence-corrected chi connectivity index (χ1v) is 7.26. The van der Waals surface area contributed by atoms with Gasteiger partial charge in [-0.1, -0.05) is 34.8 Å². The molecular formula is C14H9Cl3F2N2O2. The number of carbonyl (C=O) groups is 1. The molecule has 2 aromatic rings. The fraction of sp³-hybridized carbons (Fsp3) is 0.0714. The van der Waals surface area contributed by atoms with Crippen LogP contribution in [0, 0.1) is 0 Å². The second kappa shape index (κ2) is 7.68. The van der Waals surface area contributed by atoms with E-state index in [2.05, 4.69) is 15.4 Å². The second-order valence-corrected chi connectivity index (χ2v) is 5.48. The van der Waals surface area contributed by atoms with Gasteiger partial charge in [-0.3, -0.25) is 0 Å². The van der Waals surface area contributed by atoms with Crippen LogP contribution < -0.4 is 15.4 Å². The van der Waals surface area contributed by atoms with Crippen LogP contribution >= 0.6 is 34.8 Å². The third kappa shape index (κ3) is 5.13. The molecule has 0 spiro atoms. The summed E-state index contributed by atoms with van der Waals surface area (Å²) in [5.41, 5.74) is 0.650. The number of amides is 2. The molecule has 0 saturated carbocycles. The third-order valence-electron chi connectivity index (χ3n) is 2.59. The number of alkyl halides is 2. The van der Waals surface area contributed by atoms with Crippen LogP contribution in [0.1, 0.15) is 0 Å². The van der Waals surface area contributed by atoms with Crippen LogP contribution in [0.25, 0.3) is 0 Å². The highest BCUT2D eigenvalue weighted by atomic mass is 35.5. The van der Waals surface area contributed by atoms with Gasteiger partial charge in [-0.25, -0.2) is 4.79 Å². The first kappa shape index (κ1) is 17.6. The SMILES string of the molecule is O=C(Nc1ccc(OC(F)F)c(Cl)c1)Nc1ccc(Cl)cc1Cl. The van der Waals surface area contributed by atoms with Gasteiger partial charge in [-0.05, 0) is 36.4 Å². The molecule has 122 valence electrons. The van der Waals surface area contributed by atoms with Gasteiger partial charge in [0.05, 0.1) is 15.7 Å². The molecule has 2 amide bonds. The quantitative estimate of drug-likeness (QED) is 0.693. The van der Waals surface area contributed by atoms with Gasteiger partial charge >= 0.3 is 12.6 Å². The van der Waals surface area contributed by atoms with Gasteiger partial charge in [-0.2, -0.15) is 8.78 Å². The van der Waals surface area contributed by atoms with Crippen molar-refractivity contribution in [3.63, 3.8) is 0 Å². The van der Waals surface area contributed by atoms with Gasteiger partial charge in [0, 0.05) is 10.7 Å². The standard InChI is InChI=1S/C14H9Cl3F2N2O2/c15-7-1-3-11(9(16)5-7)21-14(22)20-8-2-4-12(10(17)6-8)23-13(18)19/h1-6,13H,(H2,20,21,22). The third-order valence-corrected chi connectivity index (χ3v) is 3.43. The lowest BCUT2D eigenvalue weighted by molar-refractivity contribution is -0.0497. The number of anilines is 2. The lowest BCUT2D eigenvalue weighted by atomic mass is 10.3. The molecule has 0 fully saturated rings. The number of ether oxygens (including phenoxy) is 1. The predicted molar refractivity (Wildman–Crippen MR) is 87.2 cm³/mol. The zero-order valence-corrected chi connectivity index (χ0v) is 13.5. The maximum Gasteiger partial charge on any atom is 0.387 e. The van der Waals surface area contributed by atoms with Crippen LogP contribution in [0.4, 0.5) is 25.0 Å². The summed E-state index contributed by atoms with van der Waals surface area (Å²) >= 11 is 17.5. The summed E-state index contributed by atoms with van der Waals surface area (Å²) in [5.74, 6) is -0.187. The number of hydrogen-bond acceptors (Lipinski definition) is 2. The highest BCUT2D eigenvalue weighted by molar-refractivity contribution is 6.36. The summed E-state index contributed by atoms with van der Waals surface area (Å²) in [6.07, 6.45) is 0. The Morgan fingerprint density at radius 1 is 1.00 bits per heavy atom. The van der Waals surface area contributed by atoms with Crippen molar-refractivity contribution >= 4 is 52.2 Å². The van der Waals surface area contributed by atoms with E-state index in [1.54, 1.807) is 6.07 Å². The Morgan fingerprint density at radius 3 is 2.35 bits per heavy atom. The first-order chi connectivity index (χ1) is 10.8. The molecule has 23 heavy (non-hydrogen) atoms. The Balaban J connectivity index is 2.04. The Hall–Kier alpha value is -1.76. The molecular weight excluding hydrogens is 373 g/mol. The maximum atomic E-state index is 12.1. The van der Waals surface area contributed by atoms with E-state index < -0.39 is 12.6 Å². The summed E-state index contributed by atoms with van der Waals surface area (Å²) < 4.78 is 28.5. The van der Waals surface area contributed by atoms with Crippen molar-refractivity contribution in [2.24, 2.45) is 0 Å². The van der Waals surface area contributed by atoms with Crippen LogP contribution in [0.15, 0.2) is 36.4 Å². The van der Waals surface area contributed by atoms with Gasteiger partial charge in [0.15, 0.2) is 0 Å². The lowest BCUT2D eigenvalue weighted by Gasteiger charge is -2.11. The highest BCUT2D eigenvalue weighted by Crippen LogP contribution is 2.29. The topological polar surface area (TPSA) is 50.4 Å². The Labute approximate surface area is 145 Å². The minimum atomic E-state index is -2.98. The smallest absolute Gasteiger partial charge is 0.387 e. The van der Waals surface area contributed by atoms with Crippen molar-refractivity contribution in [3.8, 4) is 5.75 Å². The molecule has 2 rings (SSSR count).